The average Bonchev–Trinajstić information content (AvgIpc) is 2.09. The Hall–Kier alpha value is -0.680. The smallest absolute Gasteiger partial charge is 0.0455 e. The SMILES string of the molecule is C#CCC(N)c1cc(Cl)ccc1Cl. The molecule has 1 atom stereocenters. The van der Waals surface area contributed by atoms with Crippen molar-refractivity contribution in [3.63, 3.8) is 0 Å². The third kappa shape index (κ3) is 2.63. The van der Waals surface area contributed by atoms with Crippen LogP contribution in [0.5, 0.6) is 0 Å². The highest BCUT2D eigenvalue weighted by Gasteiger charge is 2.08. The van der Waals surface area contributed by atoms with Crippen LogP contribution in [0.2, 0.25) is 10.0 Å². The van der Waals surface area contributed by atoms with Gasteiger partial charge in [-0.3, -0.25) is 0 Å². The van der Waals surface area contributed by atoms with Gasteiger partial charge >= 0.3 is 0 Å². The Balaban J connectivity index is 3.00. The fourth-order valence-electron chi connectivity index (χ4n) is 1.04. The molecule has 0 amide bonds. The number of terminal acetylenes is 1. The monoisotopic (exact) mass is 213 g/mol. The number of benzene rings is 1. The molecular weight excluding hydrogens is 205 g/mol. The molecule has 0 fully saturated rings. The van der Waals surface area contributed by atoms with E-state index in [1.54, 1.807) is 18.2 Å². The van der Waals surface area contributed by atoms with Gasteiger partial charge in [-0.1, -0.05) is 23.2 Å². The summed E-state index contributed by atoms with van der Waals surface area (Å²) in [6, 6.07) is 4.94. The molecule has 0 heterocycles. The normalized spacial score (nSPS) is 12.2. The summed E-state index contributed by atoms with van der Waals surface area (Å²) in [5.74, 6) is 2.49. The molecule has 13 heavy (non-hydrogen) atoms. The van der Waals surface area contributed by atoms with Crippen molar-refractivity contribution in [2.75, 3.05) is 0 Å². The van der Waals surface area contributed by atoms with Crippen molar-refractivity contribution in [1.29, 1.82) is 0 Å². The van der Waals surface area contributed by atoms with Gasteiger partial charge in [0.25, 0.3) is 0 Å². The largest absolute Gasteiger partial charge is 0.323 e. The molecule has 0 bridgehead atoms. The van der Waals surface area contributed by atoms with Crippen LogP contribution in [0.3, 0.4) is 0 Å². The van der Waals surface area contributed by atoms with E-state index < -0.39 is 0 Å². The van der Waals surface area contributed by atoms with Crippen LogP contribution in [-0.2, 0) is 0 Å². The molecular formula is C10H9Cl2N. The Kier molecular flexibility index (Phi) is 3.62. The zero-order chi connectivity index (χ0) is 9.84. The molecule has 0 spiro atoms. The molecule has 1 unspecified atom stereocenters. The number of nitrogens with two attached hydrogens (primary N) is 1. The fraction of sp³-hybridized carbons (Fsp3) is 0.200. The molecule has 1 nitrogen and oxygen atoms in total. The first-order chi connectivity index (χ1) is 6.15. The Morgan fingerprint density at radius 1 is 1.46 bits per heavy atom. The van der Waals surface area contributed by atoms with Crippen molar-refractivity contribution in [3.05, 3.63) is 33.8 Å². The lowest BCUT2D eigenvalue weighted by Crippen LogP contribution is -2.09. The quantitative estimate of drug-likeness (QED) is 0.752. The van der Waals surface area contributed by atoms with Gasteiger partial charge in [0.2, 0.25) is 0 Å². The van der Waals surface area contributed by atoms with E-state index in [1.807, 2.05) is 0 Å². The highest BCUT2D eigenvalue weighted by molar-refractivity contribution is 6.33. The van der Waals surface area contributed by atoms with Crippen LogP contribution in [0.4, 0.5) is 0 Å². The Morgan fingerprint density at radius 2 is 2.15 bits per heavy atom. The zero-order valence-electron chi connectivity index (χ0n) is 6.93. The maximum atomic E-state index is 5.92. The molecule has 0 saturated heterocycles. The number of hydrogen-bond acceptors (Lipinski definition) is 1. The second-order valence-corrected chi connectivity index (χ2v) is 3.52. The van der Waals surface area contributed by atoms with Gasteiger partial charge in [0.05, 0.1) is 0 Å². The summed E-state index contributed by atoms with van der Waals surface area (Å²) in [5.41, 5.74) is 6.59. The molecule has 3 heteroatoms. The summed E-state index contributed by atoms with van der Waals surface area (Å²) >= 11 is 11.7. The van der Waals surface area contributed by atoms with E-state index in [4.69, 9.17) is 35.4 Å². The molecule has 1 aromatic carbocycles. The van der Waals surface area contributed by atoms with E-state index >= 15 is 0 Å². The minimum absolute atomic E-state index is 0.240. The number of hydrogen-bond donors (Lipinski definition) is 1. The van der Waals surface area contributed by atoms with Crippen molar-refractivity contribution in [1.82, 2.24) is 0 Å². The summed E-state index contributed by atoms with van der Waals surface area (Å²) < 4.78 is 0. The lowest BCUT2D eigenvalue weighted by molar-refractivity contribution is 0.755. The van der Waals surface area contributed by atoms with Crippen LogP contribution in [0.25, 0.3) is 0 Å². The van der Waals surface area contributed by atoms with Crippen LogP contribution in [0.1, 0.15) is 18.0 Å². The molecule has 0 aromatic heterocycles. The first-order valence-corrected chi connectivity index (χ1v) is 4.54. The summed E-state index contributed by atoms with van der Waals surface area (Å²) in [6.45, 7) is 0. The van der Waals surface area contributed by atoms with Gasteiger partial charge in [-0.25, -0.2) is 0 Å². The van der Waals surface area contributed by atoms with Crippen LogP contribution < -0.4 is 5.73 Å². The summed E-state index contributed by atoms with van der Waals surface area (Å²) in [6.07, 6.45) is 5.61. The number of halogens is 2. The average molecular weight is 214 g/mol. The molecule has 0 aliphatic rings. The lowest BCUT2D eigenvalue weighted by atomic mass is 10.1. The Labute approximate surface area is 87.8 Å². The standard InChI is InChI=1S/C10H9Cl2N/c1-2-3-10(13)8-6-7(11)4-5-9(8)12/h1,4-6,10H,3,13H2. The van der Waals surface area contributed by atoms with Gasteiger partial charge in [0.1, 0.15) is 0 Å². The topological polar surface area (TPSA) is 26.0 Å². The molecule has 1 aromatic rings. The summed E-state index contributed by atoms with van der Waals surface area (Å²) in [5, 5.41) is 1.22. The maximum Gasteiger partial charge on any atom is 0.0455 e. The van der Waals surface area contributed by atoms with E-state index in [0.29, 0.717) is 16.5 Å². The highest BCUT2D eigenvalue weighted by Crippen LogP contribution is 2.26. The van der Waals surface area contributed by atoms with Crippen LogP contribution in [0.15, 0.2) is 18.2 Å². The van der Waals surface area contributed by atoms with Crippen molar-refractivity contribution in [2.24, 2.45) is 5.73 Å². The maximum absolute atomic E-state index is 5.92. The minimum atomic E-state index is -0.240. The predicted octanol–water partition coefficient (Wildman–Crippen LogP) is 3.02. The second-order valence-electron chi connectivity index (χ2n) is 2.68. The van der Waals surface area contributed by atoms with Gasteiger partial charge in [0, 0.05) is 22.5 Å². The molecule has 68 valence electrons. The van der Waals surface area contributed by atoms with Gasteiger partial charge in [0.15, 0.2) is 0 Å². The van der Waals surface area contributed by atoms with Crippen LogP contribution in [-0.4, -0.2) is 0 Å². The van der Waals surface area contributed by atoms with Crippen molar-refractivity contribution < 1.29 is 0 Å². The molecule has 2 N–H and O–H groups in total. The lowest BCUT2D eigenvalue weighted by Gasteiger charge is -2.10. The first kappa shape index (κ1) is 10.4. The number of rotatable bonds is 2. The van der Waals surface area contributed by atoms with Crippen LogP contribution >= 0.6 is 23.2 Å². The molecule has 0 aliphatic heterocycles. The zero-order valence-corrected chi connectivity index (χ0v) is 8.44. The van der Waals surface area contributed by atoms with Gasteiger partial charge in [-0.05, 0) is 23.8 Å². The van der Waals surface area contributed by atoms with E-state index in [-0.39, 0.29) is 6.04 Å². The van der Waals surface area contributed by atoms with Crippen molar-refractivity contribution >= 4 is 23.2 Å². The Bertz CT molecular complexity index is 341. The third-order valence-electron chi connectivity index (χ3n) is 1.70. The molecule has 0 saturated carbocycles. The minimum Gasteiger partial charge on any atom is -0.323 e. The first-order valence-electron chi connectivity index (χ1n) is 3.79. The van der Waals surface area contributed by atoms with E-state index in [9.17, 15) is 0 Å². The second kappa shape index (κ2) is 4.53. The third-order valence-corrected chi connectivity index (χ3v) is 2.27. The molecule has 0 aliphatic carbocycles. The van der Waals surface area contributed by atoms with Crippen molar-refractivity contribution in [2.45, 2.75) is 12.5 Å². The predicted molar refractivity (Wildman–Crippen MR) is 56.8 cm³/mol. The van der Waals surface area contributed by atoms with Gasteiger partial charge in [-0.2, -0.15) is 0 Å². The van der Waals surface area contributed by atoms with Crippen molar-refractivity contribution in [3.8, 4) is 12.3 Å². The Morgan fingerprint density at radius 3 is 2.77 bits per heavy atom. The summed E-state index contributed by atoms with van der Waals surface area (Å²) in [7, 11) is 0. The van der Waals surface area contributed by atoms with E-state index in [1.165, 1.54) is 0 Å². The summed E-state index contributed by atoms with van der Waals surface area (Å²) in [4.78, 5) is 0. The fourth-order valence-corrected chi connectivity index (χ4v) is 1.47. The molecule has 0 radical (unpaired) electrons. The van der Waals surface area contributed by atoms with Gasteiger partial charge < -0.3 is 5.73 Å². The molecule has 1 rings (SSSR count). The van der Waals surface area contributed by atoms with E-state index in [2.05, 4.69) is 5.92 Å². The van der Waals surface area contributed by atoms with E-state index in [0.717, 1.165) is 5.56 Å². The van der Waals surface area contributed by atoms with Crippen LogP contribution in [0, 0.1) is 12.3 Å². The highest BCUT2D eigenvalue weighted by atomic mass is 35.5. The van der Waals surface area contributed by atoms with Gasteiger partial charge in [-0.15, -0.1) is 12.3 Å².